The van der Waals surface area contributed by atoms with Gasteiger partial charge < -0.3 is 9.67 Å². The number of nitrogens with zero attached hydrogens (tertiary/aromatic N) is 1. The lowest BCUT2D eigenvalue weighted by molar-refractivity contribution is 0.461. The van der Waals surface area contributed by atoms with Crippen molar-refractivity contribution in [1.82, 2.24) is 4.57 Å². The van der Waals surface area contributed by atoms with Gasteiger partial charge in [-0.1, -0.05) is 29.8 Å². The predicted octanol–water partition coefficient (Wildman–Crippen LogP) is 2.73. The smallest absolute Gasteiger partial charge is 0.273 e. The molecule has 0 spiro atoms. The molecule has 0 saturated carbocycles. The van der Waals surface area contributed by atoms with Gasteiger partial charge >= 0.3 is 0 Å². The number of hydrogen-bond acceptors (Lipinski definition) is 4. The third-order valence-corrected chi connectivity index (χ3v) is 5.64. The largest absolute Gasteiger partial charge is 0.506 e. The van der Waals surface area contributed by atoms with Crippen LogP contribution in [0.3, 0.4) is 0 Å². The van der Waals surface area contributed by atoms with Gasteiger partial charge in [0.05, 0.1) is 10.4 Å². The zero-order chi connectivity index (χ0) is 16.8. The molecule has 1 aromatic heterocycles. The average Bonchev–Trinajstić information content (AvgIpc) is 2.53. The number of aromatic nitrogens is 1. The molecule has 5 nitrogen and oxygen atoms in total. The predicted molar refractivity (Wildman–Crippen MR) is 87.8 cm³/mol. The minimum atomic E-state index is -4.15. The normalized spacial score (nSPS) is 11.7. The van der Waals surface area contributed by atoms with Crippen LogP contribution in [0, 0.1) is 0 Å². The summed E-state index contributed by atoms with van der Waals surface area (Å²) in [5, 5.41) is 11.0. The Balaban J connectivity index is 2.46. The summed E-state index contributed by atoms with van der Waals surface area (Å²) in [5.74, 6) is -0.588. The number of pyridine rings is 1. The molecule has 3 aromatic rings. The van der Waals surface area contributed by atoms with Crippen LogP contribution in [0.15, 0.2) is 63.1 Å². The Bertz CT molecular complexity index is 1070. The van der Waals surface area contributed by atoms with E-state index in [0.717, 1.165) is 0 Å². The van der Waals surface area contributed by atoms with Crippen molar-refractivity contribution >= 4 is 32.3 Å². The van der Waals surface area contributed by atoms with Crippen molar-refractivity contribution in [3.8, 4) is 5.75 Å². The number of fused-ring (bicyclic) bond motifs is 1. The van der Waals surface area contributed by atoms with Crippen molar-refractivity contribution in [2.75, 3.05) is 0 Å². The lowest BCUT2D eigenvalue weighted by atomic mass is 10.2. The van der Waals surface area contributed by atoms with Gasteiger partial charge in [0.25, 0.3) is 5.56 Å². The maximum Gasteiger partial charge on any atom is 0.273 e. The Kier molecular flexibility index (Phi) is 3.66. The fraction of sp³-hybridized carbons (Fsp3) is 0.0625. The number of hydrogen-bond donors (Lipinski definition) is 1. The third kappa shape index (κ3) is 2.40. The number of halogens is 1. The Morgan fingerprint density at radius 1 is 1.09 bits per heavy atom. The second kappa shape index (κ2) is 5.40. The molecule has 0 bridgehead atoms. The summed E-state index contributed by atoms with van der Waals surface area (Å²) >= 11 is 5.92. The average molecular weight is 350 g/mol. The third-order valence-electron chi connectivity index (χ3n) is 3.61. The van der Waals surface area contributed by atoms with E-state index in [1.165, 1.54) is 29.8 Å². The van der Waals surface area contributed by atoms with E-state index < -0.39 is 26.0 Å². The summed E-state index contributed by atoms with van der Waals surface area (Å²) in [7, 11) is -2.71. The van der Waals surface area contributed by atoms with Crippen molar-refractivity contribution in [2.24, 2.45) is 7.05 Å². The van der Waals surface area contributed by atoms with Crippen molar-refractivity contribution in [3.63, 3.8) is 0 Å². The summed E-state index contributed by atoms with van der Waals surface area (Å²) in [6.45, 7) is 0. The van der Waals surface area contributed by atoms with Crippen LogP contribution in [0.25, 0.3) is 10.9 Å². The minimum Gasteiger partial charge on any atom is -0.506 e. The second-order valence-corrected chi connectivity index (χ2v) is 7.34. The Hall–Kier alpha value is -2.31. The van der Waals surface area contributed by atoms with E-state index in [1.807, 2.05) is 0 Å². The lowest BCUT2D eigenvalue weighted by Crippen LogP contribution is -2.24. The fourth-order valence-corrected chi connectivity index (χ4v) is 4.09. The van der Waals surface area contributed by atoms with Crippen molar-refractivity contribution in [2.45, 2.75) is 9.79 Å². The number of aryl methyl sites for hydroxylation is 1. The van der Waals surface area contributed by atoms with Crippen LogP contribution in [0.4, 0.5) is 0 Å². The topological polar surface area (TPSA) is 76.4 Å². The van der Waals surface area contributed by atoms with E-state index >= 15 is 0 Å². The molecule has 0 atom stereocenters. The Morgan fingerprint density at radius 2 is 1.74 bits per heavy atom. The zero-order valence-electron chi connectivity index (χ0n) is 12.0. The van der Waals surface area contributed by atoms with Gasteiger partial charge in [0, 0.05) is 17.5 Å². The molecule has 118 valence electrons. The van der Waals surface area contributed by atoms with E-state index in [4.69, 9.17) is 11.6 Å². The van der Waals surface area contributed by atoms with E-state index in [1.54, 1.807) is 30.3 Å². The van der Waals surface area contributed by atoms with Crippen molar-refractivity contribution < 1.29 is 13.5 Å². The summed E-state index contributed by atoms with van der Waals surface area (Å²) in [4.78, 5) is 11.8. The van der Waals surface area contributed by atoms with Gasteiger partial charge in [0.15, 0.2) is 4.90 Å². The molecule has 7 heteroatoms. The van der Waals surface area contributed by atoms with E-state index in [9.17, 15) is 18.3 Å². The maximum absolute atomic E-state index is 12.7. The highest BCUT2D eigenvalue weighted by molar-refractivity contribution is 7.91. The van der Waals surface area contributed by atoms with Crippen LogP contribution >= 0.6 is 11.6 Å². The molecule has 0 aliphatic rings. The Morgan fingerprint density at radius 3 is 2.39 bits per heavy atom. The summed E-state index contributed by atoms with van der Waals surface area (Å²) in [6, 6.07) is 12.0. The lowest BCUT2D eigenvalue weighted by Gasteiger charge is -2.12. The maximum atomic E-state index is 12.7. The van der Waals surface area contributed by atoms with Gasteiger partial charge in [-0.3, -0.25) is 4.79 Å². The molecule has 23 heavy (non-hydrogen) atoms. The second-order valence-electron chi connectivity index (χ2n) is 5.02. The number of rotatable bonds is 2. The SMILES string of the molecule is Cn1c(=O)c(S(=O)(=O)c2ccccc2)c(O)c2cc(Cl)ccc21. The fourth-order valence-electron chi connectivity index (χ4n) is 2.44. The molecule has 0 unspecified atom stereocenters. The van der Waals surface area contributed by atoms with Crippen LogP contribution in [0.5, 0.6) is 5.75 Å². The number of sulfone groups is 1. The standard InChI is InChI=1S/C16H12ClNO4S/c1-18-13-8-7-10(17)9-12(13)14(19)15(16(18)20)23(21,22)11-5-3-2-4-6-11/h2-9,19H,1H3. The van der Waals surface area contributed by atoms with E-state index in [-0.39, 0.29) is 10.3 Å². The first-order valence-corrected chi connectivity index (χ1v) is 8.51. The molecule has 0 aliphatic heterocycles. The summed E-state index contributed by atoms with van der Waals surface area (Å²) < 4.78 is 26.7. The van der Waals surface area contributed by atoms with Gasteiger partial charge in [0.2, 0.25) is 9.84 Å². The molecule has 0 saturated heterocycles. The summed E-state index contributed by atoms with van der Waals surface area (Å²) in [6.07, 6.45) is 0. The van der Waals surface area contributed by atoms with Gasteiger partial charge in [0.1, 0.15) is 5.75 Å². The van der Waals surface area contributed by atoms with Crippen molar-refractivity contribution in [1.29, 1.82) is 0 Å². The molecular formula is C16H12ClNO4S. The zero-order valence-corrected chi connectivity index (χ0v) is 13.6. The first-order chi connectivity index (χ1) is 10.8. The molecule has 0 aliphatic carbocycles. The van der Waals surface area contributed by atoms with Crippen molar-refractivity contribution in [3.05, 3.63) is 63.9 Å². The molecule has 1 N–H and O–H groups in total. The first-order valence-electron chi connectivity index (χ1n) is 6.65. The summed E-state index contributed by atoms with van der Waals surface area (Å²) in [5.41, 5.74) is -0.398. The van der Waals surface area contributed by atoms with E-state index in [0.29, 0.717) is 10.5 Å². The quantitative estimate of drug-likeness (QED) is 0.771. The monoisotopic (exact) mass is 349 g/mol. The first kappa shape index (κ1) is 15.6. The molecule has 0 fully saturated rings. The van der Waals surface area contributed by atoms with Gasteiger partial charge in [-0.2, -0.15) is 0 Å². The molecule has 0 amide bonds. The number of aromatic hydroxyl groups is 1. The molecule has 0 radical (unpaired) electrons. The molecule has 2 aromatic carbocycles. The molecular weight excluding hydrogens is 338 g/mol. The highest BCUT2D eigenvalue weighted by Crippen LogP contribution is 2.33. The van der Waals surface area contributed by atoms with Crippen LogP contribution in [0.1, 0.15) is 0 Å². The van der Waals surface area contributed by atoms with E-state index in [2.05, 4.69) is 0 Å². The highest BCUT2D eigenvalue weighted by atomic mass is 35.5. The number of benzene rings is 2. The van der Waals surface area contributed by atoms with Gasteiger partial charge in [-0.15, -0.1) is 0 Å². The highest BCUT2D eigenvalue weighted by Gasteiger charge is 2.28. The molecule has 1 heterocycles. The Labute approximate surface area is 137 Å². The van der Waals surface area contributed by atoms with Gasteiger partial charge in [-0.05, 0) is 30.3 Å². The van der Waals surface area contributed by atoms with Gasteiger partial charge in [-0.25, -0.2) is 8.42 Å². The minimum absolute atomic E-state index is 0.0613. The molecule has 3 rings (SSSR count). The van der Waals surface area contributed by atoms with Crippen LogP contribution in [-0.2, 0) is 16.9 Å². The van der Waals surface area contributed by atoms with Crippen LogP contribution in [0.2, 0.25) is 5.02 Å². The van der Waals surface area contributed by atoms with Crippen LogP contribution in [-0.4, -0.2) is 18.1 Å². The van der Waals surface area contributed by atoms with Crippen LogP contribution < -0.4 is 5.56 Å².